The molecule has 9 heteroatoms. The largest absolute Gasteiger partial charge is 0.493 e. The van der Waals surface area contributed by atoms with Crippen molar-refractivity contribution in [2.75, 3.05) is 26.9 Å². The van der Waals surface area contributed by atoms with Gasteiger partial charge in [-0.15, -0.1) is 0 Å². The predicted octanol–water partition coefficient (Wildman–Crippen LogP) is 3.17. The molecule has 2 rings (SSSR count). The van der Waals surface area contributed by atoms with Crippen molar-refractivity contribution in [1.29, 1.82) is 0 Å². The van der Waals surface area contributed by atoms with Crippen LogP contribution in [0.5, 0.6) is 11.5 Å². The van der Waals surface area contributed by atoms with Crippen molar-refractivity contribution in [3.8, 4) is 11.5 Å². The summed E-state index contributed by atoms with van der Waals surface area (Å²) < 4.78 is 15.4. The Morgan fingerprint density at radius 3 is 2.66 bits per heavy atom. The van der Waals surface area contributed by atoms with E-state index in [0.29, 0.717) is 6.54 Å². The van der Waals surface area contributed by atoms with Crippen LogP contribution in [0.15, 0.2) is 23.8 Å². The van der Waals surface area contributed by atoms with Gasteiger partial charge in [0.05, 0.1) is 24.7 Å². The van der Waals surface area contributed by atoms with Gasteiger partial charge in [-0.2, -0.15) is 0 Å². The van der Waals surface area contributed by atoms with Crippen LogP contribution in [-0.2, 0) is 9.53 Å². The molecule has 0 atom stereocenters. The van der Waals surface area contributed by atoms with Crippen molar-refractivity contribution in [1.82, 2.24) is 5.32 Å². The Morgan fingerprint density at radius 1 is 1.24 bits per heavy atom. The molecule has 29 heavy (non-hydrogen) atoms. The fourth-order valence-electron chi connectivity index (χ4n) is 3.05. The number of allylic oxidation sites excluding steroid dienone is 1. The van der Waals surface area contributed by atoms with Crippen LogP contribution in [0.2, 0.25) is 0 Å². The van der Waals surface area contributed by atoms with Crippen LogP contribution in [0.1, 0.15) is 49.4 Å². The van der Waals surface area contributed by atoms with E-state index >= 15 is 0 Å². The molecule has 1 aliphatic rings. The standard InChI is InChI=1S/C20H26N2O7/c1-3-28-18-12-16(22(25)26)15(11-17(18)27-2)20(24)29-13-19(23)21-10-9-14-7-5-4-6-8-14/h7,11-12H,3-6,8-10,13H2,1-2H3,(H,21,23). The highest BCUT2D eigenvalue weighted by Gasteiger charge is 2.26. The lowest BCUT2D eigenvalue weighted by Gasteiger charge is -2.13. The lowest BCUT2D eigenvalue weighted by atomic mass is 9.97. The minimum Gasteiger partial charge on any atom is -0.493 e. The van der Waals surface area contributed by atoms with Gasteiger partial charge in [-0.3, -0.25) is 14.9 Å². The summed E-state index contributed by atoms with van der Waals surface area (Å²) in [5.41, 5.74) is 0.532. The van der Waals surface area contributed by atoms with Crippen LogP contribution in [-0.4, -0.2) is 43.7 Å². The summed E-state index contributed by atoms with van der Waals surface area (Å²) in [4.78, 5) is 34.9. The van der Waals surface area contributed by atoms with E-state index in [0.717, 1.165) is 25.3 Å². The highest BCUT2D eigenvalue weighted by molar-refractivity contribution is 5.96. The minimum absolute atomic E-state index is 0.146. The van der Waals surface area contributed by atoms with Gasteiger partial charge in [0.25, 0.3) is 11.6 Å². The topological polar surface area (TPSA) is 117 Å². The maximum absolute atomic E-state index is 12.3. The lowest BCUT2D eigenvalue weighted by molar-refractivity contribution is -0.385. The number of nitrogens with one attached hydrogen (secondary N) is 1. The summed E-state index contributed by atoms with van der Waals surface area (Å²) >= 11 is 0. The van der Waals surface area contributed by atoms with Crippen LogP contribution < -0.4 is 14.8 Å². The van der Waals surface area contributed by atoms with E-state index in [1.807, 2.05) is 0 Å². The zero-order chi connectivity index (χ0) is 21.2. The first-order valence-corrected chi connectivity index (χ1v) is 9.57. The highest BCUT2D eigenvalue weighted by Crippen LogP contribution is 2.35. The quantitative estimate of drug-likeness (QED) is 0.274. The van der Waals surface area contributed by atoms with E-state index in [1.165, 1.54) is 31.6 Å². The van der Waals surface area contributed by atoms with Crippen LogP contribution >= 0.6 is 0 Å². The average molecular weight is 406 g/mol. The predicted molar refractivity (Wildman–Crippen MR) is 105 cm³/mol. The van der Waals surface area contributed by atoms with Crippen molar-refractivity contribution in [3.63, 3.8) is 0 Å². The van der Waals surface area contributed by atoms with Crippen molar-refractivity contribution in [2.24, 2.45) is 0 Å². The molecule has 9 nitrogen and oxygen atoms in total. The number of ether oxygens (including phenoxy) is 3. The molecule has 0 saturated heterocycles. The number of esters is 1. The number of carbonyl (C=O) groups is 2. The molecule has 0 spiro atoms. The monoisotopic (exact) mass is 406 g/mol. The van der Waals surface area contributed by atoms with Gasteiger partial charge >= 0.3 is 5.97 Å². The van der Waals surface area contributed by atoms with E-state index < -0.39 is 29.1 Å². The van der Waals surface area contributed by atoms with Crippen molar-refractivity contribution in [3.05, 3.63) is 39.5 Å². The number of hydrogen-bond acceptors (Lipinski definition) is 7. The van der Waals surface area contributed by atoms with E-state index in [1.54, 1.807) is 6.92 Å². The number of amides is 1. The second kappa shape index (κ2) is 11.0. The third-order valence-electron chi connectivity index (χ3n) is 4.49. The van der Waals surface area contributed by atoms with Crippen molar-refractivity contribution >= 4 is 17.6 Å². The van der Waals surface area contributed by atoms with Crippen molar-refractivity contribution in [2.45, 2.75) is 39.0 Å². The van der Waals surface area contributed by atoms with Gasteiger partial charge in [-0.25, -0.2) is 4.79 Å². The van der Waals surface area contributed by atoms with Gasteiger partial charge in [0.2, 0.25) is 0 Å². The van der Waals surface area contributed by atoms with Gasteiger partial charge in [-0.05, 0) is 39.0 Å². The Bertz CT molecular complexity index is 789. The Balaban J connectivity index is 1.95. The molecule has 0 unspecified atom stereocenters. The smallest absolute Gasteiger partial charge is 0.345 e. The first-order chi connectivity index (χ1) is 14.0. The summed E-state index contributed by atoms with van der Waals surface area (Å²) in [6, 6.07) is 2.29. The SMILES string of the molecule is CCOc1cc([N+](=O)[O-])c(C(=O)OCC(=O)NCCC2=CCCCC2)cc1OC. The molecule has 1 N–H and O–H groups in total. The third kappa shape index (κ3) is 6.48. The molecule has 158 valence electrons. The molecule has 0 aliphatic heterocycles. The molecule has 0 aromatic heterocycles. The molecular weight excluding hydrogens is 380 g/mol. The average Bonchev–Trinajstić information content (AvgIpc) is 2.72. The first-order valence-electron chi connectivity index (χ1n) is 9.57. The zero-order valence-electron chi connectivity index (χ0n) is 16.7. The summed E-state index contributed by atoms with van der Waals surface area (Å²) in [6.07, 6.45) is 7.46. The van der Waals surface area contributed by atoms with E-state index in [2.05, 4.69) is 11.4 Å². The summed E-state index contributed by atoms with van der Waals surface area (Å²) in [7, 11) is 1.36. The molecule has 1 aromatic carbocycles. The van der Waals surface area contributed by atoms with E-state index in [-0.39, 0.29) is 23.7 Å². The molecule has 0 fully saturated rings. The maximum atomic E-state index is 12.3. The molecular formula is C20H26N2O7. The normalized spacial score (nSPS) is 13.2. The Hall–Kier alpha value is -3.10. The maximum Gasteiger partial charge on any atom is 0.345 e. The number of rotatable bonds is 10. The first kappa shape index (κ1) is 22.2. The Labute approximate surface area is 169 Å². The lowest BCUT2D eigenvalue weighted by Crippen LogP contribution is -2.30. The van der Waals surface area contributed by atoms with Gasteiger partial charge < -0.3 is 19.5 Å². The molecule has 0 heterocycles. The molecule has 0 radical (unpaired) electrons. The number of carbonyl (C=O) groups excluding carboxylic acids is 2. The molecule has 0 bridgehead atoms. The second-order valence-corrected chi connectivity index (χ2v) is 6.49. The van der Waals surface area contributed by atoms with Gasteiger partial charge in [-0.1, -0.05) is 11.6 Å². The Morgan fingerprint density at radius 2 is 2.03 bits per heavy atom. The van der Waals surface area contributed by atoms with E-state index in [4.69, 9.17) is 14.2 Å². The summed E-state index contributed by atoms with van der Waals surface area (Å²) in [5.74, 6) is -1.14. The van der Waals surface area contributed by atoms with Crippen LogP contribution in [0.3, 0.4) is 0 Å². The highest BCUT2D eigenvalue weighted by atomic mass is 16.6. The molecule has 1 aliphatic carbocycles. The number of nitrogens with zero attached hydrogens (tertiary/aromatic N) is 1. The van der Waals surface area contributed by atoms with Gasteiger partial charge in [0.15, 0.2) is 18.1 Å². The van der Waals surface area contributed by atoms with Crippen LogP contribution in [0.25, 0.3) is 0 Å². The number of hydrogen-bond donors (Lipinski definition) is 1. The second-order valence-electron chi connectivity index (χ2n) is 6.49. The van der Waals surface area contributed by atoms with Gasteiger partial charge in [0.1, 0.15) is 5.56 Å². The summed E-state index contributed by atoms with van der Waals surface area (Å²) in [6.45, 7) is 1.93. The van der Waals surface area contributed by atoms with E-state index in [9.17, 15) is 19.7 Å². The Kier molecular flexibility index (Phi) is 8.45. The third-order valence-corrected chi connectivity index (χ3v) is 4.49. The number of benzene rings is 1. The minimum atomic E-state index is -0.983. The number of nitro groups is 1. The summed E-state index contributed by atoms with van der Waals surface area (Å²) in [5, 5.41) is 14.0. The van der Waals surface area contributed by atoms with Crippen LogP contribution in [0.4, 0.5) is 5.69 Å². The van der Waals surface area contributed by atoms with Gasteiger partial charge in [0, 0.05) is 12.6 Å². The molecule has 1 amide bonds. The molecule has 0 saturated carbocycles. The number of nitro benzene ring substituents is 1. The number of methoxy groups -OCH3 is 1. The molecule has 1 aromatic rings. The zero-order valence-corrected chi connectivity index (χ0v) is 16.7. The fraction of sp³-hybridized carbons (Fsp3) is 0.500. The fourth-order valence-corrected chi connectivity index (χ4v) is 3.05. The van der Waals surface area contributed by atoms with Crippen molar-refractivity contribution < 1.29 is 28.7 Å². The van der Waals surface area contributed by atoms with Crippen LogP contribution in [0, 0.1) is 10.1 Å².